The molecule has 0 aromatic rings. The average molecular weight is 167 g/mol. The van der Waals surface area contributed by atoms with Gasteiger partial charge >= 0.3 is 0 Å². The van der Waals surface area contributed by atoms with Crippen molar-refractivity contribution in [3.63, 3.8) is 0 Å². The maximum absolute atomic E-state index is 4.20. The Bertz CT molecular complexity index is 160. The zero-order valence-corrected chi connectivity index (χ0v) is 8.64. The van der Waals surface area contributed by atoms with Crippen LogP contribution in [0.5, 0.6) is 0 Å². The van der Waals surface area contributed by atoms with Gasteiger partial charge in [0.15, 0.2) is 0 Å². The SMILES string of the molecule is C=C1C(C)CCCC1CN(C)C. The second kappa shape index (κ2) is 4.08. The van der Waals surface area contributed by atoms with E-state index in [-0.39, 0.29) is 0 Å². The zero-order chi connectivity index (χ0) is 9.14. The summed E-state index contributed by atoms with van der Waals surface area (Å²) in [4.78, 5) is 2.27. The summed E-state index contributed by atoms with van der Waals surface area (Å²) in [5, 5.41) is 0. The van der Waals surface area contributed by atoms with Crippen molar-refractivity contribution in [2.75, 3.05) is 20.6 Å². The Balaban J connectivity index is 2.46. The van der Waals surface area contributed by atoms with Gasteiger partial charge in [-0.2, -0.15) is 0 Å². The van der Waals surface area contributed by atoms with Crippen molar-refractivity contribution >= 4 is 0 Å². The lowest BCUT2D eigenvalue weighted by Gasteiger charge is -2.31. The van der Waals surface area contributed by atoms with Gasteiger partial charge in [0.2, 0.25) is 0 Å². The van der Waals surface area contributed by atoms with Gasteiger partial charge < -0.3 is 4.90 Å². The van der Waals surface area contributed by atoms with Gasteiger partial charge in [0.1, 0.15) is 0 Å². The van der Waals surface area contributed by atoms with Crippen LogP contribution in [0.15, 0.2) is 12.2 Å². The third kappa shape index (κ3) is 2.34. The van der Waals surface area contributed by atoms with Gasteiger partial charge in [0.25, 0.3) is 0 Å². The maximum atomic E-state index is 4.20. The summed E-state index contributed by atoms with van der Waals surface area (Å²) >= 11 is 0. The number of hydrogen-bond donors (Lipinski definition) is 0. The van der Waals surface area contributed by atoms with Crippen molar-refractivity contribution in [2.45, 2.75) is 26.2 Å². The predicted octanol–water partition coefficient (Wildman–Crippen LogP) is 2.54. The van der Waals surface area contributed by atoms with Gasteiger partial charge in [0, 0.05) is 6.54 Å². The van der Waals surface area contributed by atoms with Crippen LogP contribution in [0.1, 0.15) is 26.2 Å². The molecule has 0 bridgehead atoms. The second-order valence-electron chi connectivity index (χ2n) is 4.37. The standard InChI is InChI=1S/C11H21N/c1-9-6-5-7-11(10(9)2)8-12(3)4/h9,11H,2,5-8H2,1,3-4H3. The Labute approximate surface area is 76.5 Å². The summed E-state index contributed by atoms with van der Waals surface area (Å²) in [7, 11) is 4.29. The molecule has 1 saturated carbocycles. The molecule has 1 heteroatoms. The highest BCUT2D eigenvalue weighted by Crippen LogP contribution is 2.32. The Morgan fingerprint density at radius 3 is 2.67 bits per heavy atom. The lowest BCUT2D eigenvalue weighted by molar-refractivity contribution is 0.291. The zero-order valence-electron chi connectivity index (χ0n) is 8.64. The fourth-order valence-electron chi connectivity index (χ4n) is 2.09. The van der Waals surface area contributed by atoms with E-state index < -0.39 is 0 Å². The largest absolute Gasteiger partial charge is 0.309 e. The van der Waals surface area contributed by atoms with E-state index >= 15 is 0 Å². The molecule has 0 radical (unpaired) electrons. The molecule has 0 amide bonds. The van der Waals surface area contributed by atoms with Gasteiger partial charge in [-0.1, -0.05) is 25.5 Å². The van der Waals surface area contributed by atoms with E-state index in [4.69, 9.17) is 0 Å². The molecule has 0 N–H and O–H groups in total. The van der Waals surface area contributed by atoms with Crippen LogP contribution in [-0.2, 0) is 0 Å². The van der Waals surface area contributed by atoms with Crippen LogP contribution in [0.4, 0.5) is 0 Å². The van der Waals surface area contributed by atoms with E-state index in [2.05, 4.69) is 32.5 Å². The number of hydrogen-bond acceptors (Lipinski definition) is 1. The minimum atomic E-state index is 0.753. The van der Waals surface area contributed by atoms with Crippen LogP contribution in [0.25, 0.3) is 0 Å². The minimum absolute atomic E-state index is 0.753. The van der Waals surface area contributed by atoms with Crippen LogP contribution >= 0.6 is 0 Å². The van der Waals surface area contributed by atoms with Gasteiger partial charge in [-0.25, -0.2) is 0 Å². The summed E-state index contributed by atoms with van der Waals surface area (Å²) in [6, 6.07) is 0. The van der Waals surface area contributed by atoms with Crippen LogP contribution in [-0.4, -0.2) is 25.5 Å². The van der Waals surface area contributed by atoms with E-state index in [0.717, 1.165) is 11.8 Å². The van der Waals surface area contributed by atoms with Crippen LogP contribution in [0, 0.1) is 11.8 Å². The van der Waals surface area contributed by atoms with E-state index in [0.29, 0.717) is 0 Å². The topological polar surface area (TPSA) is 3.24 Å². The molecule has 0 heterocycles. The first-order valence-electron chi connectivity index (χ1n) is 4.94. The maximum Gasteiger partial charge on any atom is 0.00409 e. The Morgan fingerprint density at radius 1 is 1.42 bits per heavy atom. The van der Waals surface area contributed by atoms with Crippen molar-refractivity contribution in [3.8, 4) is 0 Å². The molecule has 2 unspecified atom stereocenters. The first-order valence-corrected chi connectivity index (χ1v) is 4.94. The molecule has 1 aliphatic carbocycles. The normalized spacial score (nSPS) is 31.2. The van der Waals surface area contributed by atoms with Gasteiger partial charge in [-0.15, -0.1) is 0 Å². The Morgan fingerprint density at radius 2 is 2.08 bits per heavy atom. The molecule has 0 aromatic carbocycles. The molecular weight excluding hydrogens is 146 g/mol. The predicted molar refractivity (Wildman–Crippen MR) is 54.2 cm³/mol. The highest BCUT2D eigenvalue weighted by atomic mass is 15.1. The fourth-order valence-corrected chi connectivity index (χ4v) is 2.09. The smallest absolute Gasteiger partial charge is 0.00409 e. The van der Waals surface area contributed by atoms with E-state index in [9.17, 15) is 0 Å². The first-order chi connectivity index (χ1) is 5.61. The lowest BCUT2D eigenvalue weighted by atomic mass is 9.78. The molecule has 0 aromatic heterocycles. The van der Waals surface area contributed by atoms with Crippen molar-refractivity contribution in [1.82, 2.24) is 4.90 Å². The molecule has 0 spiro atoms. The molecule has 1 fully saturated rings. The summed E-state index contributed by atoms with van der Waals surface area (Å²) in [5.74, 6) is 1.51. The first kappa shape index (κ1) is 9.79. The molecule has 1 aliphatic rings. The Hall–Kier alpha value is -0.300. The number of nitrogens with zero attached hydrogens (tertiary/aromatic N) is 1. The molecule has 0 aliphatic heterocycles. The summed E-state index contributed by atoms with van der Waals surface area (Å²) in [5.41, 5.74) is 1.48. The van der Waals surface area contributed by atoms with E-state index in [1.807, 2.05) is 0 Å². The summed E-state index contributed by atoms with van der Waals surface area (Å²) in [6.07, 6.45) is 4.09. The Kier molecular flexibility index (Phi) is 3.33. The quantitative estimate of drug-likeness (QED) is 0.571. The average Bonchev–Trinajstić information content (AvgIpc) is 1.98. The van der Waals surface area contributed by atoms with Crippen molar-refractivity contribution in [2.24, 2.45) is 11.8 Å². The number of rotatable bonds is 2. The van der Waals surface area contributed by atoms with E-state index in [1.54, 1.807) is 0 Å². The van der Waals surface area contributed by atoms with Gasteiger partial charge in [0.05, 0.1) is 0 Å². The highest BCUT2D eigenvalue weighted by molar-refractivity contribution is 5.08. The van der Waals surface area contributed by atoms with Crippen LogP contribution < -0.4 is 0 Å². The monoisotopic (exact) mass is 167 g/mol. The third-order valence-corrected chi connectivity index (χ3v) is 2.93. The molecule has 1 nitrogen and oxygen atoms in total. The third-order valence-electron chi connectivity index (χ3n) is 2.93. The van der Waals surface area contributed by atoms with Crippen LogP contribution in [0.2, 0.25) is 0 Å². The fraction of sp³-hybridized carbons (Fsp3) is 0.818. The summed E-state index contributed by atoms with van der Waals surface area (Å²) < 4.78 is 0. The van der Waals surface area contributed by atoms with E-state index in [1.165, 1.54) is 31.4 Å². The molecule has 2 atom stereocenters. The molecular formula is C11H21N. The highest BCUT2D eigenvalue weighted by Gasteiger charge is 2.22. The lowest BCUT2D eigenvalue weighted by Crippen LogP contribution is -2.27. The molecule has 0 saturated heterocycles. The van der Waals surface area contributed by atoms with Gasteiger partial charge in [-0.05, 0) is 38.8 Å². The molecule has 70 valence electrons. The second-order valence-corrected chi connectivity index (χ2v) is 4.37. The van der Waals surface area contributed by atoms with Crippen molar-refractivity contribution in [1.29, 1.82) is 0 Å². The van der Waals surface area contributed by atoms with Crippen molar-refractivity contribution < 1.29 is 0 Å². The molecule has 12 heavy (non-hydrogen) atoms. The molecule has 1 rings (SSSR count). The minimum Gasteiger partial charge on any atom is -0.309 e. The van der Waals surface area contributed by atoms with Crippen molar-refractivity contribution in [3.05, 3.63) is 12.2 Å². The van der Waals surface area contributed by atoms with Crippen LogP contribution in [0.3, 0.4) is 0 Å². The summed E-state index contributed by atoms with van der Waals surface area (Å²) in [6.45, 7) is 7.70. The van der Waals surface area contributed by atoms with Gasteiger partial charge in [-0.3, -0.25) is 0 Å².